The molecule has 1 atom stereocenters. The van der Waals surface area contributed by atoms with Crippen LogP contribution >= 0.6 is 0 Å². The maximum Gasteiger partial charge on any atom is 0.252 e. The van der Waals surface area contributed by atoms with E-state index in [1.165, 1.54) is 0 Å². The summed E-state index contributed by atoms with van der Waals surface area (Å²) in [6.07, 6.45) is 1.75. The third kappa shape index (κ3) is 1.55. The number of aromatic nitrogens is 2. The van der Waals surface area contributed by atoms with Crippen LogP contribution in [-0.4, -0.2) is 27.2 Å². The van der Waals surface area contributed by atoms with E-state index < -0.39 is 5.91 Å². The van der Waals surface area contributed by atoms with Crippen LogP contribution in [0.4, 0.5) is 0 Å². The number of hydrogen-bond acceptors (Lipinski definition) is 3. The van der Waals surface area contributed by atoms with Gasteiger partial charge in [0.1, 0.15) is 0 Å². The van der Waals surface area contributed by atoms with Gasteiger partial charge in [-0.2, -0.15) is 5.10 Å². The summed E-state index contributed by atoms with van der Waals surface area (Å²) >= 11 is 0. The first-order valence-corrected chi connectivity index (χ1v) is 5.03. The standard InChI is InChI=1S/C11H13N3O2/c1-7(6-15)10-9(11(12)16)8-4-2-3-5-14(8)13-10/h2-5,7,15H,6H2,1H3,(H2,12,16)/t7-/m1/s1. The fourth-order valence-corrected chi connectivity index (χ4v) is 1.70. The molecule has 84 valence electrons. The minimum atomic E-state index is -0.517. The Labute approximate surface area is 92.5 Å². The summed E-state index contributed by atoms with van der Waals surface area (Å²) < 4.78 is 1.60. The number of hydrogen-bond donors (Lipinski definition) is 2. The Hall–Kier alpha value is -1.88. The number of nitrogens with two attached hydrogens (primary N) is 1. The smallest absolute Gasteiger partial charge is 0.252 e. The first-order valence-electron chi connectivity index (χ1n) is 5.03. The summed E-state index contributed by atoms with van der Waals surface area (Å²) in [5, 5.41) is 13.4. The molecular formula is C11H13N3O2. The van der Waals surface area contributed by atoms with Crippen molar-refractivity contribution in [1.29, 1.82) is 0 Å². The van der Waals surface area contributed by atoms with Gasteiger partial charge in [0.15, 0.2) is 0 Å². The van der Waals surface area contributed by atoms with Crippen LogP contribution in [0.1, 0.15) is 28.9 Å². The van der Waals surface area contributed by atoms with Gasteiger partial charge in [-0.05, 0) is 12.1 Å². The summed E-state index contributed by atoms with van der Waals surface area (Å²) in [6.45, 7) is 1.73. The van der Waals surface area contributed by atoms with Gasteiger partial charge in [-0.3, -0.25) is 4.79 Å². The minimum Gasteiger partial charge on any atom is -0.396 e. The molecule has 1 amide bonds. The molecule has 0 bridgehead atoms. The third-order valence-electron chi connectivity index (χ3n) is 2.55. The number of pyridine rings is 1. The molecule has 0 saturated carbocycles. The summed E-state index contributed by atoms with van der Waals surface area (Å²) in [7, 11) is 0. The zero-order chi connectivity index (χ0) is 11.7. The number of carbonyl (C=O) groups excluding carboxylic acids is 1. The van der Waals surface area contributed by atoms with Crippen LogP contribution in [0.25, 0.3) is 5.52 Å². The average Bonchev–Trinajstić information content (AvgIpc) is 2.67. The summed E-state index contributed by atoms with van der Waals surface area (Å²) in [5.41, 5.74) is 6.95. The molecule has 2 aromatic heterocycles. The van der Waals surface area contributed by atoms with E-state index in [4.69, 9.17) is 10.8 Å². The molecule has 0 spiro atoms. The van der Waals surface area contributed by atoms with Crippen LogP contribution in [-0.2, 0) is 0 Å². The van der Waals surface area contributed by atoms with Gasteiger partial charge >= 0.3 is 0 Å². The highest BCUT2D eigenvalue weighted by Crippen LogP contribution is 2.22. The molecule has 0 unspecified atom stereocenters. The van der Waals surface area contributed by atoms with E-state index in [1.54, 1.807) is 23.7 Å². The van der Waals surface area contributed by atoms with Crippen molar-refractivity contribution in [3.63, 3.8) is 0 Å². The Morgan fingerprint density at radius 3 is 3.00 bits per heavy atom. The molecule has 0 fully saturated rings. The number of fused-ring (bicyclic) bond motifs is 1. The molecule has 0 aliphatic rings. The summed E-state index contributed by atoms with van der Waals surface area (Å²) in [6, 6.07) is 5.41. The molecule has 2 rings (SSSR count). The third-order valence-corrected chi connectivity index (χ3v) is 2.55. The number of amides is 1. The SMILES string of the molecule is C[C@H](CO)c1nn2ccccc2c1C(N)=O. The predicted octanol–water partition coefficient (Wildman–Crippen LogP) is 0.529. The zero-order valence-corrected chi connectivity index (χ0v) is 8.92. The van der Waals surface area contributed by atoms with Gasteiger partial charge in [0.2, 0.25) is 0 Å². The first kappa shape index (κ1) is 10.6. The molecular weight excluding hydrogens is 206 g/mol. The second kappa shape index (κ2) is 3.94. The predicted molar refractivity (Wildman–Crippen MR) is 59.2 cm³/mol. The van der Waals surface area contributed by atoms with Gasteiger partial charge in [-0.15, -0.1) is 0 Å². The Bertz CT molecular complexity index is 533. The van der Waals surface area contributed by atoms with E-state index in [9.17, 15) is 4.79 Å². The lowest BCUT2D eigenvalue weighted by Gasteiger charge is -2.04. The number of primary amides is 1. The number of carbonyl (C=O) groups is 1. The monoisotopic (exact) mass is 219 g/mol. The van der Waals surface area contributed by atoms with Crippen molar-refractivity contribution in [2.45, 2.75) is 12.8 Å². The average molecular weight is 219 g/mol. The fraction of sp³-hybridized carbons (Fsp3) is 0.273. The fourth-order valence-electron chi connectivity index (χ4n) is 1.70. The molecule has 0 aliphatic carbocycles. The van der Waals surface area contributed by atoms with E-state index in [2.05, 4.69) is 5.10 Å². The van der Waals surface area contributed by atoms with Gasteiger partial charge in [-0.1, -0.05) is 13.0 Å². The molecule has 0 radical (unpaired) electrons. The van der Waals surface area contributed by atoms with Gasteiger partial charge in [0.25, 0.3) is 5.91 Å². The lowest BCUT2D eigenvalue weighted by molar-refractivity contribution is 0.1000. The number of nitrogens with zero attached hydrogens (tertiary/aromatic N) is 2. The second-order valence-corrected chi connectivity index (χ2v) is 3.74. The van der Waals surface area contributed by atoms with Crippen LogP contribution in [0.2, 0.25) is 0 Å². The topological polar surface area (TPSA) is 80.6 Å². The van der Waals surface area contributed by atoms with Crippen LogP contribution < -0.4 is 5.73 Å². The quantitative estimate of drug-likeness (QED) is 0.790. The Morgan fingerprint density at radius 2 is 2.38 bits per heavy atom. The molecule has 2 heterocycles. The van der Waals surface area contributed by atoms with E-state index >= 15 is 0 Å². The zero-order valence-electron chi connectivity index (χ0n) is 8.92. The van der Waals surface area contributed by atoms with Crippen LogP contribution in [0.5, 0.6) is 0 Å². The molecule has 16 heavy (non-hydrogen) atoms. The Kier molecular flexibility index (Phi) is 2.62. The van der Waals surface area contributed by atoms with Crippen molar-refractivity contribution in [3.05, 3.63) is 35.7 Å². The largest absolute Gasteiger partial charge is 0.396 e. The number of aliphatic hydroxyl groups excluding tert-OH is 1. The van der Waals surface area contributed by atoms with Crippen LogP contribution in [0, 0.1) is 0 Å². The normalized spacial score (nSPS) is 12.9. The molecule has 0 aromatic carbocycles. The molecule has 0 aliphatic heterocycles. The van der Waals surface area contributed by atoms with Crippen molar-refractivity contribution in [1.82, 2.24) is 9.61 Å². The highest BCUT2D eigenvalue weighted by Gasteiger charge is 2.20. The molecule has 0 saturated heterocycles. The van der Waals surface area contributed by atoms with Gasteiger partial charge in [0, 0.05) is 12.1 Å². The van der Waals surface area contributed by atoms with E-state index in [-0.39, 0.29) is 12.5 Å². The lowest BCUT2D eigenvalue weighted by Crippen LogP contribution is -2.15. The maximum atomic E-state index is 11.4. The van der Waals surface area contributed by atoms with Crippen LogP contribution in [0.3, 0.4) is 0 Å². The van der Waals surface area contributed by atoms with E-state index in [1.807, 2.05) is 12.1 Å². The molecule has 5 nitrogen and oxygen atoms in total. The van der Waals surface area contributed by atoms with Crippen LogP contribution in [0.15, 0.2) is 24.4 Å². The summed E-state index contributed by atoms with van der Waals surface area (Å²) in [4.78, 5) is 11.4. The van der Waals surface area contributed by atoms with Gasteiger partial charge in [0.05, 0.1) is 23.4 Å². The molecule has 5 heteroatoms. The molecule has 3 N–H and O–H groups in total. The lowest BCUT2D eigenvalue weighted by atomic mass is 10.0. The highest BCUT2D eigenvalue weighted by molar-refractivity contribution is 6.01. The van der Waals surface area contributed by atoms with Crippen molar-refractivity contribution >= 4 is 11.4 Å². The van der Waals surface area contributed by atoms with Crippen molar-refractivity contribution in [2.75, 3.05) is 6.61 Å². The van der Waals surface area contributed by atoms with E-state index in [0.717, 1.165) is 0 Å². The summed E-state index contributed by atoms with van der Waals surface area (Å²) in [5.74, 6) is -0.723. The van der Waals surface area contributed by atoms with E-state index in [0.29, 0.717) is 16.8 Å². The minimum absolute atomic E-state index is 0.0653. The highest BCUT2D eigenvalue weighted by atomic mass is 16.3. The Balaban J connectivity index is 2.73. The Morgan fingerprint density at radius 1 is 1.62 bits per heavy atom. The van der Waals surface area contributed by atoms with Gasteiger partial charge in [-0.25, -0.2) is 4.52 Å². The van der Waals surface area contributed by atoms with Gasteiger partial charge < -0.3 is 10.8 Å². The number of aliphatic hydroxyl groups is 1. The van der Waals surface area contributed by atoms with Crippen molar-refractivity contribution in [2.24, 2.45) is 5.73 Å². The maximum absolute atomic E-state index is 11.4. The molecule has 2 aromatic rings. The van der Waals surface area contributed by atoms with Crippen molar-refractivity contribution < 1.29 is 9.90 Å². The van der Waals surface area contributed by atoms with Crippen molar-refractivity contribution in [3.8, 4) is 0 Å². The first-order chi connectivity index (χ1) is 7.65. The second-order valence-electron chi connectivity index (χ2n) is 3.74. The number of rotatable bonds is 3.